The fraction of sp³-hybridized carbons (Fsp3) is 0.455. The molecule has 0 saturated carbocycles. The molecule has 0 spiro atoms. The first-order valence-electron chi connectivity index (χ1n) is 4.58. The highest BCUT2D eigenvalue weighted by Gasteiger charge is 2.04. The molecule has 80 valence electrons. The largest absolute Gasteiger partial charge is 0.392 e. The molecule has 0 bridgehead atoms. The van der Waals surface area contributed by atoms with Crippen molar-refractivity contribution in [2.24, 2.45) is 0 Å². The number of hydrogen-bond donors (Lipinski definition) is 3. The van der Waals surface area contributed by atoms with E-state index in [4.69, 9.17) is 10.2 Å². The lowest BCUT2D eigenvalue weighted by Gasteiger charge is -2.06. The van der Waals surface area contributed by atoms with Gasteiger partial charge in [0, 0.05) is 0 Å². The van der Waals surface area contributed by atoms with Gasteiger partial charge in [-0.1, -0.05) is 30.4 Å². The van der Waals surface area contributed by atoms with Crippen LogP contribution < -0.4 is 0 Å². The molecule has 14 heavy (non-hydrogen) atoms. The van der Waals surface area contributed by atoms with E-state index in [2.05, 4.69) is 0 Å². The van der Waals surface area contributed by atoms with E-state index in [0.29, 0.717) is 0 Å². The lowest BCUT2D eigenvalue weighted by atomic mass is 10.2. The Morgan fingerprint density at radius 1 is 1.36 bits per heavy atom. The first-order valence-corrected chi connectivity index (χ1v) is 4.58. The zero-order chi connectivity index (χ0) is 11.0. The molecule has 2 atom stereocenters. The van der Waals surface area contributed by atoms with Crippen molar-refractivity contribution >= 4 is 0 Å². The zero-order valence-electron chi connectivity index (χ0n) is 8.59. The van der Waals surface area contributed by atoms with Crippen LogP contribution in [0.2, 0.25) is 0 Å². The second kappa shape index (κ2) is 7.50. The maximum Gasteiger partial charge on any atom is 0.0980 e. The summed E-state index contributed by atoms with van der Waals surface area (Å²) in [6.07, 6.45) is 6.73. The molecule has 0 rings (SSSR count). The molecule has 0 saturated heterocycles. The minimum atomic E-state index is -0.864. The molecule has 0 aromatic carbocycles. The molecule has 0 amide bonds. The number of rotatable bonds is 5. The Kier molecular flexibility index (Phi) is 7.02. The molecule has 0 aliphatic rings. The molecule has 0 fully saturated rings. The second-order valence-corrected chi connectivity index (χ2v) is 3.02. The summed E-state index contributed by atoms with van der Waals surface area (Å²) in [5, 5.41) is 27.0. The lowest BCUT2D eigenvalue weighted by Crippen LogP contribution is -2.19. The van der Waals surface area contributed by atoms with Gasteiger partial charge in [-0.25, -0.2) is 0 Å². The third-order valence-electron chi connectivity index (χ3n) is 1.68. The van der Waals surface area contributed by atoms with Crippen molar-refractivity contribution in [3.63, 3.8) is 0 Å². The maximum absolute atomic E-state index is 9.20. The van der Waals surface area contributed by atoms with Crippen molar-refractivity contribution in [1.82, 2.24) is 0 Å². The first-order chi connectivity index (χ1) is 6.61. The lowest BCUT2D eigenvalue weighted by molar-refractivity contribution is 0.0619. The Balaban J connectivity index is 4.23. The summed E-state index contributed by atoms with van der Waals surface area (Å²) < 4.78 is 0. The van der Waals surface area contributed by atoms with Gasteiger partial charge in [0.1, 0.15) is 0 Å². The molecule has 0 aromatic rings. The normalized spacial score (nSPS) is 17.9. The number of allylic oxidation sites excluding steroid dienone is 3. The Morgan fingerprint density at radius 3 is 2.43 bits per heavy atom. The van der Waals surface area contributed by atoms with Crippen molar-refractivity contribution < 1.29 is 15.3 Å². The summed E-state index contributed by atoms with van der Waals surface area (Å²) in [5.41, 5.74) is 0.751. The molecule has 3 heteroatoms. The van der Waals surface area contributed by atoms with Gasteiger partial charge >= 0.3 is 0 Å². The van der Waals surface area contributed by atoms with E-state index in [9.17, 15) is 5.11 Å². The minimum absolute atomic E-state index is 0.0422. The van der Waals surface area contributed by atoms with Gasteiger partial charge in [-0.3, -0.25) is 0 Å². The molecule has 3 nitrogen and oxygen atoms in total. The van der Waals surface area contributed by atoms with Crippen LogP contribution in [-0.4, -0.2) is 34.1 Å². The van der Waals surface area contributed by atoms with E-state index < -0.39 is 12.2 Å². The summed E-state index contributed by atoms with van der Waals surface area (Å²) in [6.45, 7) is 3.33. The van der Waals surface area contributed by atoms with Gasteiger partial charge in [0.25, 0.3) is 0 Å². The average Bonchev–Trinajstić information content (AvgIpc) is 2.16. The van der Waals surface area contributed by atoms with E-state index in [0.717, 1.165) is 5.57 Å². The predicted molar refractivity (Wildman–Crippen MR) is 56.8 cm³/mol. The minimum Gasteiger partial charge on any atom is -0.392 e. The van der Waals surface area contributed by atoms with Gasteiger partial charge < -0.3 is 15.3 Å². The van der Waals surface area contributed by atoms with E-state index >= 15 is 0 Å². The standard InChI is InChI=1S/C11H18O3/c1-3-5-10(8-12)6-4-7-11(14)9(2)13/h3-7,9,11-14H,8H2,1-2H3/b5-3-,7-4+,10-6+/t9-,11+/m1/s1. The van der Waals surface area contributed by atoms with Crippen LogP contribution in [0, 0.1) is 0 Å². The van der Waals surface area contributed by atoms with Gasteiger partial charge in [-0.2, -0.15) is 0 Å². The maximum atomic E-state index is 9.20. The van der Waals surface area contributed by atoms with Crippen LogP contribution >= 0.6 is 0 Å². The van der Waals surface area contributed by atoms with Crippen LogP contribution in [0.25, 0.3) is 0 Å². The topological polar surface area (TPSA) is 60.7 Å². The van der Waals surface area contributed by atoms with Crippen LogP contribution in [0.3, 0.4) is 0 Å². The van der Waals surface area contributed by atoms with Gasteiger partial charge in [0.2, 0.25) is 0 Å². The van der Waals surface area contributed by atoms with Crippen LogP contribution in [0.1, 0.15) is 13.8 Å². The summed E-state index contributed by atoms with van der Waals surface area (Å²) in [7, 11) is 0. The number of aliphatic hydroxyl groups excluding tert-OH is 3. The highest BCUT2D eigenvalue weighted by atomic mass is 16.3. The molecule has 0 aliphatic carbocycles. The van der Waals surface area contributed by atoms with Crippen molar-refractivity contribution in [2.75, 3.05) is 6.61 Å². The molecule has 0 aliphatic heterocycles. The number of hydrogen-bond acceptors (Lipinski definition) is 3. The number of aliphatic hydroxyl groups is 3. The van der Waals surface area contributed by atoms with Crippen LogP contribution in [0.5, 0.6) is 0 Å². The van der Waals surface area contributed by atoms with Gasteiger partial charge in [-0.15, -0.1) is 0 Å². The van der Waals surface area contributed by atoms with E-state index in [1.807, 2.05) is 13.0 Å². The highest BCUT2D eigenvalue weighted by Crippen LogP contribution is 1.98. The molecule has 0 heterocycles. The van der Waals surface area contributed by atoms with Crippen molar-refractivity contribution in [3.8, 4) is 0 Å². The summed E-state index contributed by atoms with van der Waals surface area (Å²) in [6, 6.07) is 0. The Labute approximate surface area is 84.7 Å². The molecular formula is C11H18O3. The van der Waals surface area contributed by atoms with Gasteiger partial charge in [0.15, 0.2) is 0 Å². The molecule has 0 aromatic heterocycles. The van der Waals surface area contributed by atoms with Crippen molar-refractivity contribution in [3.05, 3.63) is 36.0 Å². The zero-order valence-corrected chi connectivity index (χ0v) is 8.59. The monoisotopic (exact) mass is 198 g/mol. The quantitative estimate of drug-likeness (QED) is 0.572. The average molecular weight is 198 g/mol. The molecule has 3 N–H and O–H groups in total. The Hall–Kier alpha value is -0.900. The summed E-state index contributed by atoms with van der Waals surface area (Å²) >= 11 is 0. The van der Waals surface area contributed by atoms with E-state index in [1.165, 1.54) is 13.0 Å². The molecule has 0 unspecified atom stereocenters. The predicted octanol–water partition coefficient (Wildman–Crippen LogP) is 0.779. The fourth-order valence-corrected chi connectivity index (χ4v) is 0.829. The van der Waals surface area contributed by atoms with Crippen molar-refractivity contribution in [2.45, 2.75) is 26.1 Å². The van der Waals surface area contributed by atoms with E-state index in [1.54, 1.807) is 18.2 Å². The third kappa shape index (κ3) is 5.70. The third-order valence-corrected chi connectivity index (χ3v) is 1.68. The SMILES string of the molecule is C\C=C/C(=C\C=C\[C@H](O)[C@@H](C)O)CO. The van der Waals surface area contributed by atoms with Gasteiger partial charge in [0.05, 0.1) is 18.8 Å². The fourth-order valence-electron chi connectivity index (χ4n) is 0.829. The molecular weight excluding hydrogens is 180 g/mol. The highest BCUT2D eigenvalue weighted by molar-refractivity contribution is 5.24. The smallest absolute Gasteiger partial charge is 0.0980 e. The Morgan fingerprint density at radius 2 is 2.00 bits per heavy atom. The van der Waals surface area contributed by atoms with Crippen LogP contribution in [0.15, 0.2) is 36.0 Å². The Bertz CT molecular complexity index is 227. The van der Waals surface area contributed by atoms with Crippen LogP contribution in [0.4, 0.5) is 0 Å². The van der Waals surface area contributed by atoms with E-state index in [-0.39, 0.29) is 6.61 Å². The van der Waals surface area contributed by atoms with Crippen LogP contribution in [-0.2, 0) is 0 Å². The summed E-state index contributed by atoms with van der Waals surface area (Å²) in [4.78, 5) is 0. The first kappa shape index (κ1) is 13.1. The summed E-state index contributed by atoms with van der Waals surface area (Å²) in [5.74, 6) is 0. The van der Waals surface area contributed by atoms with Crippen molar-refractivity contribution in [1.29, 1.82) is 0 Å². The van der Waals surface area contributed by atoms with Gasteiger partial charge in [-0.05, 0) is 19.4 Å². The molecule has 0 radical (unpaired) electrons. The second-order valence-electron chi connectivity index (χ2n) is 3.02.